The van der Waals surface area contributed by atoms with E-state index >= 15 is 0 Å². The van der Waals surface area contributed by atoms with Gasteiger partial charge in [0.15, 0.2) is 9.84 Å². The minimum atomic E-state index is -4.25. The van der Waals surface area contributed by atoms with E-state index in [2.05, 4.69) is 4.72 Å². The second kappa shape index (κ2) is 12.1. The number of amides is 1. The molecule has 1 amide bonds. The third kappa shape index (κ3) is 6.97. The Bertz CT molecular complexity index is 1730. The molecule has 0 bridgehead atoms. The van der Waals surface area contributed by atoms with E-state index in [1.54, 1.807) is 12.1 Å². The highest BCUT2D eigenvalue weighted by Gasteiger charge is 2.22. The maximum absolute atomic E-state index is 13.4. The first kappa shape index (κ1) is 29.0. The lowest BCUT2D eigenvalue weighted by molar-refractivity contribution is 0.0980. The minimum Gasteiger partial charge on any atom is -0.493 e. The predicted octanol–water partition coefficient (Wildman–Crippen LogP) is 5.37. The predicted molar refractivity (Wildman–Crippen MR) is 156 cm³/mol. The second-order valence-electron chi connectivity index (χ2n) is 9.47. The molecule has 0 atom stereocenters. The van der Waals surface area contributed by atoms with Crippen LogP contribution in [-0.2, 0) is 32.7 Å². The number of aryl methyl sites for hydroxylation is 3. The fraction of sp³-hybridized carbons (Fsp3) is 0.194. The van der Waals surface area contributed by atoms with Gasteiger partial charge in [-0.3, -0.25) is 4.79 Å². The summed E-state index contributed by atoms with van der Waals surface area (Å²) in [5.74, 6) is -0.0458. The third-order valence-corrected chi connectivity index (χ3v) is 8.89. The van der Waals surface area contributed by atoms with Gasteiger partial charge in [-0.1, -0.05) is 54.1 Å². The highest BCUT2D eigenvalue weighted by atomic mass is 32.2. The van der Waals surface area contributed by atoms with Gasteiger partial charge in [-0.15, -0.1) is 0 Å². The molecule has 4 aromatic rings. The number of carbonyl (C=O) groups excluding carboxylic acids is 1. The molecule has 1 N–H and O–H groups in total. The summed E-state index contributed by atoms with van der Waals surface area (Å²) < 4.78 is 57.5. The van der Waals surface area contributed by atoms with Crippen molar-refractivity contribution in [2.75, 3.05) is 12.9 Å². The van der Waals surface area contributed by atoms with E-state index in [1.807, 2.05) is 68.4 Å². The molecule has 9 heteroatoms. The highest BCUT2D eigenvalue weighted by Crippen LogP contribution is 2.33. The van der Waals surface area contributed by atoms with Crippen LogP contribution < -0.4 is 9.46 Å². The van der Waals surface area contributed by atoms with Gasteiger partial charge in [0.25, 0.3) is 15.9 Å². The van der Waals surface area contributed by atoms with Crippen LogP contribution in [0.4, 0.5) is 0 Å². The first-order chi connectivity index (χ1) is 19.0. The molecule has 40 heavy (non-hydrogen) atoms. The van der Waals surface area contributed by atoms with Crippen molar-refractivity contribution in [1.82, 2.24) is 4.72 Å². The molecule has 0 saturated heterocycles. The van der Waals surface area contributed by atoms with Gasteiger partial charge in [-0.25, -0.2) is 21.6 Å². The molecule has 0 aliphatic heterocycles. The lowest BCUT2D eigenvalue weighted by Gasteiger charge is -2.16. The second-order valence-corrected chi connectivity index (χ2v) is 13.2. The molecule has 0 aliphatic carbocycles. The van der Waals surface area contributed by atoms with Crippen LogP contribution in [0, 0.1) is 6.92 Å². The van der Waals surface area contributed by atoms with Crippen LogP contribution in [0.25, 0.3) is 11.1 Å². The van der Waals surface area contributed by atoms with Gasteiger partial charge in [0.1, 0.15) is 5.75 Å². The maximum atomic E-state index is 13.4. The summed E-state index contributed by atoms with van der Waals surface area (Å²) in [4.78, 5) is 13.1. The van der Waals surface area contributed by atoms with Gasteiger partial charge in [-0.2, -0.15) is 0 Å². The summed E-state index contributed by atoms with van der Waals surface area (Å²) in [6.45, 7) is 4.41. The van der Waals surface area contributed by atoms with Crippen molar-refractivity contribution < 1.29 is 26.4 Å². The Hall–Kier alpha value is -3.95. The molecule has 0 unspecified atom stereocenters. The molecular formula is C31H31NO6S2. The molecule has 0 aliphatic rings. The molecule has 0 saturated carbocycles. The lowest BCUT2D eigenvalue weighted by Crippen LogP contribution is -2.31. The first-order valence-corrected chi connectivity index (χ1v) is 16.1. The first-order valence-electron chi connectivity index (χ1n) is 12.8. The number of rotatable bonds is 10. The van der Waals surface area contributed by atoms with Crippen molar-refractivity contribution in [3.8, 4) is 16.9 Å². The van der Waals surface area contributed by atoms with Gasteiger partial charge in [0.05, 0.1) is 16.4 Å². The number of nitrogens with one attached hydrogen (secondary N) is 1. The Morgan fingerprint density at radius 3 is 2.12 bits per heavy atom. The van der Waals surface area contributed by atoms with Crippen LogP contribution in [0.5, 0.6) is 5.75 Å². The number of sulfone groups is 1. The molecule has 208 valence electrons. The highest BCUT2D eigenvalue weighted by molar-refractivity contribution is 7.91. The minimum absolute atomic E-state index is 0.0147. The Morgan fingerprint density at radius 2 is 1.48 bits per heavy atom. The van der Waals surface area contributed by atoms with Gasteiger partial charge < -0.3 is 4.74 Å². The van der Waals surface area contributed by atoms with Gasteiger partial charge in [0.2, 0.25) is 0 Å². The van der Waals surface area contributed by atoms with Gasteiger partial charge in [0, 0.05) is 17.4 Å². The van der Waals surface area contributed by atoms with Crippen LogP contribution in [0.3, 0.4) is 0 Å². The van der Waals surface area contributed by atoms with Crippen LogP contribution >= 0.6 is 0 Å². The Morgan fingerprint density at radius 1 is 0.800 bits per heavy atom. The quantitative estimate of drug-likeness (QED) is 0.272. The number of ether oxygens (including phenoxy) is 1. The Balaban J connectivity index is 1.70. The van der Waals surface area contributed by atoms with Crippen molar-refractivity contribution in [2.45, 2.75) is 36.5 Å². The van der Waals surface area contributed by atoms with E-state index in [9.17, 15) is 21.6 Å². The summed E-state index contributed by atoms with van der Waals surface area (Å²) in [5, 5.41) is 0. The molecule has 7 nitrogen and oxygen atoms in total. The van der Waals surface area contributed by atoms with Crippen LogP contribution in [0.1, 0.15) is 34.0 Å². The van der Waals surface area contributed by atoms with Crippen LogP contribution in [-0.4, -0.2) is 35.6 Å². The lowest BCUT2D eigenvalue weighted by atomic mass is 9.94. The number of sulfonamides is 1. The fourth-order valence-corrected chi connectivity index (χ4v) is 5.96. The fourth-order valence-electron chi connectivity index (χ4n) is 4.37. The van der Waals surface area contributed by atoms with Crippen LogP contribution in [0.15, 0.2) is 101 Å². The smallest absolute Gasteiger partial charge is 0.265 e. The van der Waals surface area contributed by atoms with Crippen molar-refractivity contribution in [1.29, 1.82) is 0 Å². The Kier molecular flexibility index (Phi) is 8.76. The molecular weight excluding hydrogens is 546 g/mol. The number of carbonyl (C=O) groups is 1. The molecule has 0 fully saturated rings. The largest absolute Gasteiger partial charge is 0.493 e. The van der Waals surface area contributed by atoms with E-state index in [4.69, 9.17) is 4.74 Å². The topological polar surface area (TPSA) is 107 Å². The summed E-state index contributed by atoms with van der Waals surface area (Å²) in [7, 11) is -7.74. The van der Waals surface area contributed by atoms with Crippen molar-refractivity contribution >= 4 is 25.8 Å². The average molecular weight is 578 g/mol. The van der Waals surface area contributed by atoms with E-state index in [0.29, 0.717) is 25.0 Å². The standard InChI is InChI=1S/C31H31NO6S2/c1-4-38-30-19-10-22(2)20-29(30)25-13-18-28(24(21-25)12-11-23-8-6-5-7-9-23)31(33)32-40(36,37)27-16-14-26(15-17-27)39(3,34)35/h5-10,13-21H,4,11-12H2,1-3H3,(H,32,33). The summed E-state index contributed by atoms with van der Waals surface area (Å²) in [6, 6.07) is 25.8. The monoisotopic (exact) mass is 577 g/mol. The zero-order valence-corrected chi connectivity index (χ0v) is 24.2. The zero-order chi connectivity index (χ0) is 28.9. The number of hydrogen-bond acceptors (Lipinski definition) is 6. The van der Waals surface area contributed by atoms with Crippen LogP contribution in [0.2, 0.25) is 0 Å². The van der Waals surface area contributed by atoms with E-state index in [-0.39, 0.29) is 15.4 Å². The van der Waals surface area contributed by atoms with Gasteiger partial charge in [-0.05, 0) is 85.8 Å². The van der Waals surface area contributed by atoms with Crippen molar-refractivity contribution in [2.24, 2.45) is 0 Å². The molecule has 0 heterocycles. The van der Waals surface area contributed by atoms with E-state index < -0.39 is 25.8 Å². The Labute approximate surface area is 235 Å². The summed E-state index contributed by atoms with van der Waals surface area (Å²) >= 11 is 0. The zero-order valence-electron chi connectivity index (χ0n) is 22.5. The number of hydrogen-bond donors (Lipinski definition) is 1. The average Bonchev–Trinajstić information content (AvgIpc) is 2.93. The number of benzene rings is 4. The third-order valence-electron chi connectivity index (χ3n) is 6.41. The molecule has 0 spiro atoms. The normalized spacial score (nSPS) is 11.7. The summed E-state index contributed by atoms with van der Waals surface area (Å²) in [6.07, 6.45) is 2.18. The maximum Gasteiger partial charge on any atom is 0.265 e. The molecule has 4 rings (SSSR count). The van der Waals surface area contributed by atoms with E-state index in [0.717, 1.165) is 34.3 Å². The SMILES string of the molecule is CCOc1ccc(C)cc1-c1ccc(C(=O)NS(=O)(=O)c2ccc(S(C)(=O)=O)cc2)c(CCc2ccccc2)c1. The summed E-state index contributed by atoms with van der Waals surface area (Å²) in [5.41, 5.74) is 4.80. The van der Waals surface area contributed by atoms with Crippen molar-refractivity contribution in [3.63, 3.8) is 0 Å². The molecule has 0 radical (unpaired) electrons. The molecule has 0 aromatic heterocycles. The van der Waals surface area contributed by atoms with Gasteiger partial charge >= 0.3 is 0 Å². The molecule has 4 aromatic carbocycles. The van der Waals surface area contributed by atoms with Crippen molar-refractivity contribution in [3.05, 3.63) is 113 Å². The van der Waals surface area contributed by atoms with E-state index in [1.165, 1.54) is 24.3 Å².